The molecule has 1 saturated heterocycles. The number of aromatic nitrogens is 2. The van der Waals surface area contributed by atoms with Crippen molar-refractivity contribution in [3.63, 3.8) is 0 Å². The van der Waals surface area contributed by atoms with Crippen LogP contribution in [-0.4, -0.2) is 47.3 Å². The SMILES string of the molecule is C=CC(=O)N[C@H]1CCOC[C@H]1Cc1ncc2oc(C(O)c3c(F)c(C)cc(OC)c3F)cc2n1. The van der Waals surface area contributed by atoms with Crippen LogP contribution in [0.25, 0.3) is 11.1 Å². The molecule has 0 saturated carbocycles. The highest BCUT2D eigenvalue weighted by molar-refractivity contribution is 5.87. The van der Waals surface area contributed by atoms with Gasteiger partial charge in [0.15, 0.2) is 17.1 Å². The zero-order valence-corrected chi connectivity index (χ0v) is 18.8. The van der Waals surface area contributed by atoms with Gasteiger partial charge in [-0.05, 0) is 31.1 Å². The van der Waals surface area contributed by atoms with Gasteiger partial charge < -0.3 is 24.3 Å². The molecule has 180 valence electrons. The topological polar surface area (TPSA) is 107 Å². The Morgan fingerprint density at radius 3 is 2.94 bits per heavy atom. The number of nitrogens with zero attached hydrogens (tertiary/aromatic N) is 2. The maximum absolute atomic E-state index is 14.7. The van der Waals surface area contributed by atoms with Crippen LogP contribution in [0.15, 0.2) is 35.4 Å². The lowest BCUT2D eigenvalue weighted by atomic mass is 9.92. The van der Waals surface area contributed by atoms with Crippen LogP contribution in [-0.2, 0) is 16.0 Å². The number of aryl methyl sites for hydroxylation is 1. The van der Waals surface area contributed by atoms with E-state index >= 15 is 0 Å². The van der Waals surface area contributed by atoms with Crippen molar-refractivity contribution in [2.45, 2.75) is 31.9 Å². The highest BCUT2D eigenvalue weighted by Gasteiger charge is 2.29. The summed E-state index contributed by atoms with van der Waals surface area (Å²) in [4.78, 5) is 20.5. The van der Waals surface area contributed by atoms with Gasteiger partial charge in [-0.3, -0.25) is 4.79 Å². The van der Waals surface area contributed by atoms with Gasteiger partial charge >= 0.3 is 0 Å². The largest absolute Gasteiger partial charge is 0.494 e. The summed E-state index contributed by atoms with van der Waals surface area (Å²) in [6, 6.07) is 2.53. The zero-order valence-electron chi connectivity index (χ0n) is 18.8. The van der Waals surface area contributed by atoms with Crippen LogP contribution in [0.1, 0.15) is 35.2 Å². The number of ether oxygens (including phenoxy) is 2. The number of aliphatic hydroxyl groups is 1. The molecule has 34 heavy (non-hydrogen) atoms. The fraction of sp³-hybridized carbons (Fsp3) is 0.375. The van der Waals surface area contributed by atoms with Gasteiger partial charge in [0.05, 0.1) is 25.5 Å². The number of hydrogen-bond donors (Lipinski definition) is 2. The van der Waals surface area contributed by atoms with E-state index in [0.717, 1.165) is 0 Å². The number of carbonyl (C=O) groups excluding carboxylic acids is 1. The first-order chi connectivity index (χ1) is 16.3. The lowest BCUT2D eigenvalue weighted by Gasteiger charge is -2.31. The molecular weight excluding hydrogens is 448 g/mol. The van der Waals surface area contributed by atoms with E-state index in [0.29, 0.717) is 37.4 Å². The minimum absolute atomic E-state index is 0.0463. The smallest absolute Gasteiger partial charge is 0.243 e. The number of nitrogens with one attached hydrogen (secondary N) is 1. The summed E-state index contributed by atoms with van der Waals surface area (Å²) in [6.07, 6.45) is 2.04. The molecule has 1 fully saturated rings. The molecule has 1 unspecified atom stereocenters. The van der Waals surface area contributed by atoms with Gasteiger partial charge in [0.2, 0.25) is 5.91 Å². The average molecular weight is 473 g/mol. The second kappa shape index (κ2) is 9.86. The average Bonchev–Trinajstić information content (AvgIpc) is 3.26. The Bertz CT molecular complexity index is 1230. The summed E-state index contributed by atoms with van der Waals surface area (Å²) in [5.74, 6) is -1.97. The van der Waals surface area contributed by atoms with Crippen molar-refractivity contribution in [3.8, 4) is 5.75 Å². The summed E-state index contributed by atoms with van der Waals surface area (Å²) in [7, 11) is 1.26. The molecule has 0 bridgehead atoms. The van der Waals surface area contributed by atoms with Crippen LogP contribution >= 0.6 is 0 Å². The summed E-state index contributed by atoms with van der Waals surface area (Å²) in [5.41, 5.74) is 0.195. The van der Waals surface area contributed by atoms with Crippen molar-refractivity contribution in [2.75, 3.05) is 20.3 Å². The number of methoxy groups -OCH3 is 1. The van der Waals surface area contributed by atoms with Crippen molar-refractivity contribution in [3.05, 3.63) is 65.3 Å². The fourth-order valence-electron chi connectivity index (χ4n) is 4.09. The van der Waals surface area contributed by atoms with Crippen LogP contribution in [0, 0.1) is 24.5 Å². The summed E-state index contributed by atoms with van der Waals surface area (Å²) < 4.78 is 45.5. The first-order valence-electron chi connectivity index (χ1n) is 10.8. The number of fused-ring (bicyclic) bond motifs is 1. The highest BCUT2D eigenvalue weighted by Crippen LogP contribution is 2.35. The highest BCUT2D eigenvalue weighted by atomic mass is 19.1. The maximum atomic E-state index is 14.7. The molecule has 0 radical (unpaired) electrons. The third-order valence-electron chi connectivity index (χ3n) is 5.92. The van der Waals surface area contributed by atoms with Gasteiger partial charge in [0.25, 0.3) is 0 Å². The molecular formula is C24H25F2N3O5. The van der Waals surface area contributed by atoms with Crippen molar-refractivity contribution in [1.82, 2.24) is 15.3 Å². The van der Waals surface area contributed by atoms with Crippen LogP contribution in [0.4, 0.5) is 8.78 Å². The van der Waals surface area contributed by atoms with Crippen molar-refractivity contribution < 1.29 is 32.6 Å². The predicted molar refractivity (Wildman–Crippen MR) is 118 cm³/mol. The minimum atomic E-state index is -1.71. The normalized spacial score (nSPS) is 19.1. The number of rotatable bonds is 7. The van der Waals surface area contributed by atoms with Gasteiger partial charge in [-0.15, -0.1) is 0 Å². The molecule has 2 N–H and O–H groups in total. The number of benzene rings is 1. The molecule has 3 aromatic rings. The molecule has 1 aromatic carbocycles. The van der Waals surface area contributed by atoms with Gasteiger partial charge in [0, 0.05) is 31.1 Å². The first kappa shape index (κ1) is 23.8. The van der Waals surface area contributed by atoms with E-state index < -0.39 is 23.3 Å². The number of aliphatic hydroxyl groups excluding tert-OH is 1. The lowest BCUT2D eigenvalue weighted by molar-refractivity contribution is -0.118. The first-order valence-corrected chi connectivity index (χ1v) is 10.8. The van der Waals surface area contributed by atoms with E-state index in [1.165, 1.54) is 38.4 Å². The maximum Gasteiger partial charge on any atom is 0.243 e. The quantitative estimate of drug-likeness (QED) is 0.508. The third-order valence-corrected chi connectivity index (χ3v) is 5.92. The van der Waals surface area contributed by atoms with Crippen LogP contribution in [0.3, 0.4) is 0 Å². The number of furan rings is 1. The second-order valence-corrected chi connectivity index (χ2v) is 8.17. The number of carbonyl (C=O) groups is 1. The molecule has 1 aliphatic heterocycles. The van der Waals surface area contributed by atoms with Crippen LogP contribution < -0.4 is 10.1 Å². The summed E-state index contributed by atoms with van der Waals surface area (Å²) in [5, 5.41) is 13.6. The van der Waals surface area contributed by atoms with Crippen molar-refractivity contribution >= 4 is 17.0 Å². The molecule has 8 nitrogen and oxygen atoms in total. The molecule has 3 atom stereocenters. The lowest BCUT2D eigenvalue weighted by Crippen LogP contribution is -2.45. The molecule has 1 aliphatic rings. The number of hydrogen-bond acceptors (Lipinski definition) is 7. The molecule has 10 heteroatoms. The molecule has 4 rings (SSSR count). The molecule has 2 aromatic heterocycles. The Kier molecular flexibility index (Phi) is 6.90. The summed E-state index contributed by atoms with van der Waals surface area (Å²) in [6.45, 7) is 5.91. The Morgan fingerprint density at radius 2 is 2.21 bits per heavy atom. The molecule has 0 aliphatic carbocycles. The summed E-state index contributed by atoms with van der Waals surface area (Å²) >= 11 is 0. The van der Waals surface area contributed by atoms with Gasteiger partial charge in [-0.1, -0.05) is 6.58 Å². The minimum Gasteiger partial charge on any atom is -0.494 e. The molecule has 0 spiro atoms. The van der Waals surface area contributed by atoms with Crippen molar-refractivity contribution in [1.29, 1.82) is 0 Å². The number of halogens is 2. The standard InChI is InChI=1S/C24H25F2N3O5/c1-4-20(30)29-14-5-6-33-11-13(14)8-19-27-10-18-15(28-19)9-17(34-18)24(31)21-22(25)12(2)7-16(32-3)23(21)26/h4,7,9-10,13-14,24,31H,1,5-6,8,11H2,2-3H3,(H,29,30)/t13-,14+,24?/m1/s1. The van der Waals surface area contributed by atoms with E-state index in [1.54, 1.807) is 0 Å². The zero-order chi connectivity index (χ0) is 24.4. The Hall–Kier alpha value is -3.37. The van der Waals surface area contributed by atoms with E-state index in [2.05, 4.69) is 21.9 Å². The Morgan fingerprint density at radius 1 is 1.41 bits per heavy atom. The molecule has 1 amide bonds. The van der Waals surface area contributed by atoms with Gasteiger partial charge in [-0.25, -0.2) is 18.7 Å². The third kappa shape index (κ3) is 4.64. The van der Waals surface area contributed by atoms with E-state index in [1.807, 2.05) is 0 Å². The van der Waals surface area contributed by atoms with Crippen LogP contribution in [0.2, 0.25) is 0 Å². The van der Waals surface area contributed by atoms with E-state index in [4.69, 9.17) is 13.9 Å². The van der Waals surface area contributed by atoms with Gasteiger partial charge in [0.1, 0.15) is 29.0 Å². The van der Waals surface area contributed by atoms with Gasteiger partial charge in [-0.2, -0.15) is 0 Å². The fourth-order valence-corrected chi connectivity index (χ4v) is 4.09. The Balaban J connectivity index is 1.60. The predicted octanol–water partition coefficient (Wildman–Crippen LogP) is 3.15. The van der Waals surface area contributed by atoms with E-state index in [-0.39, 0.29) is 40.5 Å². The Labute approximate surface area is 194 Å². The monoisotopic (exact) mass is 473 g/mol. The number of amides is 1. The van der Waals surface area contributed by atoms with Crippen LogP contribution in [0.5, 0.6) is 5.75 Å². The molecule has 3 heterocycles. The van der Waals surface area contributed by atoms with Crippen molar-refractivity contribution in [2.24, 2.45) is 5.92 Å². The van der Waals surface area contributed by atoms with E-state index in [9.17, 15) is 18.7 Å². The second-order valence-electron chi connectivity index (χ2n) is 8.17.